The molecule has 0 amide bonds. The van der Waals surface area contributed by atoms with Gasteiger partial charge in [-0.2, -0.15) is 4.98 Å². The minimum atomic E-state index is -0.0252. The number of nitrogens with one attached hydrogen (secondary N) is 1. The van der Waals surface area contributed by atoms with Crippen LogP contribution in [0.15, 0.2) is 0 Å². The smallest absolute Gasteiger partial charge is 0.222 e. The average molecular weight is 253 g/mol. The summed E-state index contributed by atoms with van der Waals surface area (Å²) in [7, 11) is 1.66. The Balaban J connectivity index is 2.97. The van der Waals surface area contributed by atoms with Gasteiger partial charge in [0, 0.05) is 20.1 Å². The second-order valence-electron chi connectivity index (χ2n) is 4.19. The molecule has 1 aromatic heterocycles. The second kappa shape index (κ2) is 7.16. The highest BCUT2D eigenvalue weighted by atomic mass is 16.5. The molecular weight excluding hydrogens is 230 g/mol. The van der Waals surface area contributed by atoms with Crippen molar-refractivity contribution >= 4 is 5.82 Å². The predicted octanol–water partition coefficient (Wildman–Crippen LogP) is 2.19. The average Bonchev–Trinajstić information content (AvgIpc) is 2.34. The number of hydrogen-bond acceptors (Lipinski definition) is 5. The molecule has 0 aliphatic rings. The molecule has 5 heteroatoms. The molecule has 0 aliphatic carbocycles. The molecule has 1 atom stereocenters. The van der Waals surface area contributed by atoms with Crippen molar-refractivity contribution in [3.63, 3.8) is 0 Å². The Bertz CT molecular complexity index is 383. The molecule has 1 heterocycles. The van der Waals surface area contributed by atoms with Crippen molar-refractivity contribution in [3.8, 4) is 5.88 Å². The summed E-state index contributed by atoms with van der Waals surface area (Å²) in [5.41, 5.74) is 0.942. The molecule has 0 fully saturated rings. The maximum absolute atomic E-state index is 5.80. The van der Waals surface area contributed by atoms with Crippen LogP contribution in [0.5, 0.6) is 5.88 Å². The number of rotatable bonds is 7. The molecule has 18 heavy (non-hydrogen) atoms. The largest absolute Gasteiger partial charge is 0.472 e. The summed E-state index contributed by atoms with van der Waals surface area (Å²) in [5, 5.41) is 3.23. The van der Waals surface area contributed by atoms with Crippen molar-refractivity contribution in [3.05, 3.63) is 11.4 Å². The summed E-state index contributed by atoms with van der Waals surface area (Å²) in [6.45, 7) is 9.37. The lowest BCUT2D eigenvalue weighted by Crippen LogP contribution is -2.20. The molecule has 0 saturated heterocycles. The van der Waals surface area contributed by atoms with Gasteiger partial charge in [-0.05, 0) is 20.8 Å². The highest BCUT2D eigenvalue weighted by Crippen LogP contribution is 2.23. The molecule has 0 aliphatic heterocycles. The Morgan fingerprint density at radius 2 is 2.00 bits per heavy atom. The highest BCUT2D eigenvalue weighted by molar-refractivity contribution is 5.48. The molecule has 0 radical (unpaired) electrons. The molecule has 1 unspecified atom stereocenters. The maximum Gasteiger partial charge on any atom is 0.222 e. The minimum Gasteiger partial charge on any atom is -0.472 e. The Morgan fingerprint density at radius 1 is 1.28 bits per heavy atom. The first kappa shape index (κ1) is 14.7. The number of nitrogens with zero attached hydrogens (tertiary/aromatic N) is 2. The fourth-order valence-electron chi connectivity index (χ4n) is 1.61. The SMILES string of the molecule is CCNc1nc(CC)nc(OC(C)COC)c1C. The van der Waals surface area contributed by atoms with E-state index in [1.165, 1.54) is 0 Å². The van der Waals surface area contributed by atoms with Crippen molar-refractivity contribution in [1.82, 2.24) is 9.97 Å². The monoisotopic (exact) mass is 253 g/mol. The van der Waals surface area contributed by atoms with Crippen molar-refractivity contribution in [2.24, 2.45) is 0 Å². The molecule has 1 N–H and O–H groups in total. The highest BCUT2D eigenvalue weighted by Gasteiger charge is 2.13. The van der Waals surface area contributed by atoms with Gasteiger partial charge in [0.25, 0.3) is 0 Å². The fraction of sp³-hybridized carbons (Fsp3) is 0.692. The number of aromatic nitrogens is 2. The van der Waals surface area contributed by atoms with E-state index in [1.807, 2.05) is 27.7 Å². The van der Waals surface area contributed by atoms with E-state index in [0.29, 0.717) is 12.5 Å². The van der Waals surface area contributed by atoms with Gasteiger partial charge in [-0.1, -0.05) is 6.92 Å². The van der Waals surface area contributed by atoms with E-state index in [-0.39, 0.29) is 6.10 Å². The van der Waals surface area contributed by atoms with Crippen molar-refractivity contribution in [1.29, 1.82) is 0 Å². The topological polar surface area (TPSA) is 56.3 Å². The van der Waals surface area contributed by atoms with Crippen LogP contribution in [0.25, 0.3) is 0 Å². The molecular formula is C13H23N3O2. The van der Waals surface area contributed by atoms with E-state index < -0.39 is 0 Å². The van der Waals surface area contributed by atoms with E-state index in [1.54, 1.807) is 7.11 Å². The number of hydrogen-bond donors (Lipinski definition) is 1. The van der Waals surface area contributed by atoms with Crippen molar-refractivity contribution in [2.45, 2.75) is 40.2 Å². The van der Waals surface area contributed by atoms with Crippen LogP contribution >= 0.6 is 0 Å². The zero-order valence-corrected chi connectivity index (χ0v) is 11.9. The van der Waals surface area contributed by atoms with Gasteiger partial charge < -0.3 is 14.8 Å². The summed E-state index contributed by atoms with van der Waals surface area (Å²) < 4.78 is 10.9. The predicted molar refractivity (Wildman–Crippen MR) is 72.3 cm³/mol. The van der Waals surface area contributed by atoms with E-state index in [2.05, 4.69) is 15.3 Å². The third kappa shape index (κ3) is 3.84. The second-order valence-corrected chi connectivity index (χ2v) is 4.19. The number of aryl methyl sites for hydroxylation is 1. The normalized spacial score (nSPS) is 12.3. The van der Waals surface area contributed by atoms with Crippen LogP contribution in [0.4, 0.5) is 5.82 Å². The lowest BCUT2D eigenvalue weighted by Gasteiger charge is -2.17. The van der Waals surface area contributed by atoms with Gasteiger partial charge in [0.15, 0.2) is 0 Å². The number of ether oxygens (including phenoxy) is 2. The third-order valence-electron chi connectivity index (χ3n) is 2.52. The maximum atomic E-state index is 5.80. The standard InChI is InChI=1S/C13H23N3O2/c1-6-11-15-12(14-7-2)10(4)13(16-11)18-9(3)8-17-5/h9H,6-8H2,1-5H3,(H,14,15,16). The summed E-state index contributed by atoms with van der Waals surface area (Å²) >= 11 is 0. The van der Waals surface area contributed by atoms with Crippen LogP contribution in [-0.2, 0) is 11.2 Å². The summed E-state index contributed by atoms with van der Waals surface area (Å²) in [4.78, 5) is 8.89. The molecule has 5 nitrogen and oxygen atoms in total. The van der Waals surface area contributed by atoms with Crippen molar-refractivity contribution < 1.29 is 9.47 Å². The molecule has 0 spiro atoms. The first-order valence-corrected chi connectivity index (χ1v) is 6.39. The van der Waals surface area contributed by atoms with Gasteiger partial charge in [-0.15, -0.1) is 0 Å². The molecule has 1 aromatic rings. The Kier molecular flexibility index (Phi) is 5.85. The Morgan fingerprint density at radius 3 is 2.56 bits per heavy atom. The lowest BCUT2D eigenvalue weighted by atomic mass is 10.3. The molecule has 102 valence electrons. The van der Waals surface area contributed by atoms with Crippen molar-refractivity contribution in [2.75, 3.05) is 25.6 Å². The quantitative estimate of drug-likeness (QED) is 0.807. The first-order valence-electron chi connectivity index (χ1n) is 6.39. The Labute approximate surface area is 109 Å². The lowest BCUT2D eigenvalue weighted by molar-refractivity contribution is 0.0882. The summed E-state index contributed by atoms with van der Waals surface area (Å²) in [5.74, 6) is 2.28. The van der Waals surface area contributed by atoms with Gasteiger partial charge >= 0.3 is 0 Å². The zero-order chi connectivity index (χ0) is 13.5. The van der Waals surface area contributed by atoms with E-state index in [0.717, 1.165) is 30.2 Å². The number of methoxy groups -OCH3 is 1. The van der Waals surface area contributed by atoms with E-state index >= 15 is 0 Å². The zero-order valence-electron chi connectivity index (χ0n) is 11.9. The van der Waals surface area contributed by atoms with Crippen LogP contribution in [0.1, 0.15) is 32.2 Å². The van der Waals surface area contributed by atoms with Gasteiger partial charge in [0.2, 0.25) is 5.88 Å². The fourth-order valence-corrected chi connectivity index (χ4v) is 1.61. The number of anilines is 1. The summed E-state index contributed by atoms with van der Waals surface area (Å²) in [6.07, 6.45) is 0.760. The summed E-state index contributed by atoms with van der Waals surface area (Å²) in [6, 6.07) is 0. The van der Waals surface area contributed by atoms with Gasteiger partial charge in [-0.3, -0.25) is 0 Å². The van der Waals surface area contributed by atoms with E-state index in [4.69, 9.17) is 9.47 Å². The molecule has 1 rings (SSSR count). The third-order valence-corrected chi connectivity index (χ3v) is 2.52. The first-order chi connectivity index (χ1) is 8.62. The van der Waals surface area contributed by atoms with Gasteiger partial charge in [0.1, 0.15) is 17.7 Å². The molecule has 0 aromatic carbocycles. The van der Waals surface area contributed by atoms with E-state index in [9.17, 15) is 0 Å². The molecule has 0 saturated carbocycles. The van der Waals surface area contributed by atoms with Crippen LogP contribution in [0.2, 0.25) is 0 Å². The minimum absolute atomic E-state index is 0.0252. The van der Waals surface area contributed by atoms with Gasteiger partial charge in [-0.25, -0.2) is 4.98 Å². The molecule has 0 bridgehead atoms. The van der Waals surface area contributed by atoms with Crippen LogP contribution in [0, 0.1) is 6.92 Å². The van der Waals surface area contributed by atoms with Crippen LogP contribution < -0.4 is 10.1 Å². The van der Waals surface area contributed by atoms with Crippen LogP contribution in [0.3, 0.4) is 0 Å². The van der Waals surface area contributed by atoms with Crippen LogP contribution in [-0.4, -0.2) is 36.3 Å². The van der Waals surface area contributed by atoms with Gasteiger partial charge in [0.05, 0.1) is 12.2 Å². The Hall–Kier alpha value is -1.36.